The molecule has 5 heteroatoms. The van der Waals surface area contributed by atoms with Crippen LogP contribution in [-0.2, 0) is 0 Å². The summed E-state index contributed by atoms with van der Waals surface area (Å²) in [6.45, 7) is 2.07. The first kappa shape index (κ1) is 17.3. The number of amides is 1. The summed E-state index contributed by atoms with van der Waals surface area (Å²) < 4.78 is 5.98. The monoisotopic (exact) mass is 375 g/mol. The average molecular weight is 375 g/mol. The van der Waals surface area contributed by atoms with Gasteiger partial charge in [-0.15, -0.1) is 0 Å². The Morgan fingerprint density at radius 2 is 2.00 bits per heavy atom. The van der Waals surface area contributed by atoms with Crippen molar-refractivity contribution in [2.75, 3.05) is 19.7 Å². The first-order chi connectivity index (χ1) is 13.8. The van der Waals surface area contributed by atoms with Gasteiger partial charge in [0.15, 0.2) is 0 Å². The number of aromatic amines is 1. The molecule has 1 N–H and O–H groups in total. The molecular weight excluding hydrogens is 350 g/mol. The minimum Gasteiger partial charge on any atom is -0.491 e. The highest BCUT2D eigenvalue weighted by molar-refractivity contribution is 5.98. The van der Waals surface area contributed by atoms with Gasteiger partial charge < -0.3 is 14.6 Å². The zero-order valence-corrected chi connectivity index (χ0v) is 16.0. The number of carbonyl (C=O) groups is 1. The van der Waals surface area contributed by atoms with Crippen LogP contribution in [0, 0.1) is 5.92 Å². The largest absolute Gasteiger partial charge is 0.491 e. The maximum absolute atomic E-state index is 13.1. The molecule has 1 saturated carbocycles. The highest BCUT2D eigenvalue weighted by atomic mass is 16.5. The van der Waals surface area contributed by atoms with Gasteiger partial charge in [-0.2, -0.15) is 0 Å². The first-order valence-electron chi connectivity index (χ1n) is 10.3. The topological polar surface area (TPSA) is 58.2 Å². The van der Waals surface area contributed by atoms with Crippen molar-refractivity contribution in [3.8, 4) is 16.9 Å². The fourth-order valence-electron chi connectivity index (χ4n) is 4.49. The molecule has 0 spiro atoms. The summed E-state index contributed by atoms with van der Waals surface area (Å²) in [6, 6.07) is 10.0. The molecule has 1 aliphatic carbocycles. The summed E-state index contributed by atoms with van der Waals surface area (Å²) in [5.74, 6) is 1.42. The summed E-state index contributed by atoms with van der Waals surface area (Å²) in [6.07, 6.45) is 10.2. The molecule has 144 valence electrons. The lowest BCUT2D eigenvalue weighted by Gasteiger charge is -2.28. The first-order valence-corrected chi connectivity index (χ1v) is 10.3. The number of pyridine rings is 1. The molecule has 2 aliphatic rings. The summed E-state index contributed by atoms with van der Waals surface area (Å²) in [4.78, 5) is 22.7. The van der Waals surface area contributed by atoms with Crippen LogP contribution in [0.3, 0.4) is 0 Å². The smallest absolute Gasteiger partial charge is 0.257 e. The van der Waals surface area contributed by atoms with Gasteiger partial charge in [0.2, 0.25) is 0 Å². The predicted octanol–water partition coefficient (Wildman–Crippen LogP) is 4.64. The number of ether oxygens (including phenoxy) is 1. The third-order valence-corrected chi connectivity index (χ3v) is 6.05. The van der Waals surface area contributed by atoms with E-state index in [4.69, 9.17) is 4.74 Å². The molecule has 3 aromatic rings. The van der Waals surface area contributed by atoms with Crippen LogP contribution in [0.5, 0.6) is 5.75 Å². The summed E-state index contributed by atoms with van der Waals surface area (Å²) in [7, 11) is 0. The minimum atomic E-state index is 0.101. The summed E-state index contributed by atoms with van der Waals surface area (Å²) in [5.41, 5.74) is 3.59. The molecule has 0 bridgehead atoms. The molecule has 1 amide bonds. The van der Waals surface area contributed by atoms with E-state index in [9.17, 15) is 4.79 Å². The van der Waals surface area contributed by atoms with Crippen molar-refractivity contribution in [2.24, 2.45) is 5.92 Å². The van der Waals surface area contributed by atoms with Crippen LogP contribution in [0.25, 0.3) is 22.2 Å². The Bertz CT molecular complexity index is 1000. The zero-order valence-electron chi connectivity index (χ0n) is 16.0. The third kappa shape index (κ3) is 3.26. The summed E-state index contributed by atoms with van der Waals surface area (Å²) in [5, 5.41) is 1.07. The molecule has 0 atom stereocenters. The van der Waals surface area contributed by atoms with Crippen LogP contribution in [0.2, 0.25) is 0 Å². The Morgan fingerprint density at radius 3 is 2.89 bits per heavy atom. The minimum absolute atomic E-state index is 0.101. The van der Waals surface area contributed by atoms with E-state index < -0.39 is 0 Å². The van der Waals surface area contributed by atoms with Crippen molar-refractivity contribution in [3.63, 3.8) is 0 Å². The second-order valence-electron chi connectivity index (χ2n) is 7.95. The number of nitrogens with zero attached hydrogens (tertiary/aromatic N) is 2. The van der Waals surface area contributed by atoms with Crippen molar-refractivity contribution in [2.45, 2.75) is 32.1 Å². The SMILES string of the molecule is O=C1c2ccc(-c3cnc4[nH]ccc4c3)cc2OCCN1CC1CCCCC1. The Kier molecular flexibility index (Phi) is 4.51. The third-order valence-electron chi connectivity index (χ3n) is 6.05. The van der Waals surface area contributed by atoms with Crippen molar-refractivity contribution < 1.29 is 9.53 Å². The fourth-order valence-corrected chi connectivity index (χ4v) is 4.49. The number of hydrogen-bond donors (Lipinski definition) is 1. The maximum atomic E-state index is 13.1. The van der Waals surface area contributed by atoms with Crippen LogP contribution in [0.1, 0.15) is 42.5 Å². The molecule has 5 nitrogen and oxygen atoms in total. The lowest BCUT2D eigenvalue weighted by atomic mass is 9.89. The molecule has 0 unspecified atom stereocenters. The van der Waals surface area contributed by atoms with Gasteiger partial charge in [-0.05, 0) is 48.6 Å². The lowest BCUT2D eigenvalue weighted by molar-refractivity contribution is 0.0712. The quantitative estimate of drug-likeness (QED) is 0.725. The molecule has 1 aliphatic heterocycles. The number of aromatic nitrogens is 2. The molecule has 28 heavy (non-hydrogen) atoms. The Balaban J connectivity index is 1.41. The summed E-state index contributed by atoms with van der Waals surface area (Å²) >= 11 is 0. The van der Waals surface area contributed by atoms with Crippen molar-refractivity contribution in [3.05, 3.63) is 48.3 Å². The molecule has 0 saturated heterocycles. The Hall–Kier alpha value is -2.82. The van der Waals surface area contributed by atoms with Crippen LogP contribution in [-0.4, -0.2) is 40.5 Å². The van der Waals surface area contributed by atoms with Crippen molar-refractivity contribution in [1.82, 2.24) is 14.9 Å². The van der Waals surface area contributed by atoms with E-state index in [0.717, 1.165) is 28.7 Å². The number of carbonyl (C=O) groups excluding carboxylic acids is 1. The van der Waals surface area contributed by atoms with Gasteiger partial charge in [0.25, 0.3) is 5.91 Å². The normalized spacial score (nSPS) is 18.0. The van der Waals surface area contributed by atoms with Crippen LogP contribution >= 0.6 is 0 Å². The van der Waals surface area contributed by atoms with E-state index in [1.54, 1.807) is 0 Å². The van der Waals surface area contributed by atoms with Gasteiger partial charge in [0.05, 0.1) is 12.1 Å². The van der Waals surface area contributed by atoms with E-state index >= 15 is 0 Å². The molecule has 2 aromatic heterocycles. The van der Waals surface area contributed by atoms with Gasteiger partial charge in [0, 0.05) is 29.9 Å². The van der Waals surface area contributed by atoms with Crippen LogP contribution in [0.15, 0.2) is 42.7 Å². The molecule has 1 aromatic carbocycles. The van der Waals surface area contributed by atoms with Crippen LogP contribution in [0.4, 0.5) is 0 Å². The molecule has 3 heterocycles. The highest BCUT2D eigenvalue weighted by Crippen LogP contribution is 2.32. The van der Waals surface area contributed by atoms with Gasteiger partial charge in [-0.1, -0.05) is 25.3 Å². The van der Waals surface area contributed by atoms with E-state index in [2.05, 4.69) is 16.0 Å². The number of rotatable bonds is 3. The van der Waals surface area contributed by atoms with E-state index in [0.29, 0.717) is 30.4 Å². The van der Waals surface area contributed by atoms with Gasteiger partial charge in [-0.3, -0.25) is 4.79 Å². The maximum Gasteiger partial charge on any atom is 0.257 e. The van der Waals surface area contributed by atoms with Crippen molar-refractivity contribution >= 4 is 16.9 Å². The van der Waals surface area contributed by atoms with Crippen LogP contribution < -0.4 is 4.74 Å². The number of hydrogen-bond acceptors (Lipinski definition) is 3. The zero-order chi connectivity index (χ0) is 18.9. The number of benzene rings is 1. The molecule has 1 fully saturated rings. The Morgan fingerprint density at radius 1 is 1.11 bits per heavy atom. The second kappa shape index (κ2) is 7.30. The average Bonchev–Trinajstić information content (AvgIpc) is 3.15. The van der Waals surface area contributed by atoms with Gasteiger partial charge in [-0.25, -0.2) is 4.98 Å². The Labute approximate surface area is 164 Å². The number of fused-ring (bicyclic) bond motifs is 2. The molecule has 0 radical (unpaired) electrons. The van der Waals surface area contributed by atoms with Gasteiger partial charge in [0.1, 0.15) is 18.0 Å². The van der Waals surface area contributed by atoms with Crippen molar-refractivity contribution in [1.29, 1.82) is 0 Å². The van der Waals surface area contributed by atoms with E-state index in [-0.39, 0.29) is 5.91 Å². The molecule has 5 rings (SSSR count). The van der Waals surface area contributed by atoms with E-state index in [1.165, 1.54) is 32.1 Å². The molecular formula is C23H25N3O2. The predicted molar refractivity (Wildman–Crippen MR) is 110 cm³/mol. The lowest BCUT2D eigenvalue weighted by Crippen LogP contribution is -2.37. The number of nitrogens with one attached hydrogen (secondary N) is 1. The highest BCUT2D eigenvalue weighted by Gasteiger charge is 2.26. The second-order valence-corrected chi connectivity index (χ2v) is 7.95. The van der Waals surface area contributed by atoms with Gasteiger partial charge >= 0.3 is 0 Å². The fraction of sp³-hybridized carbons (Fsp3) is 0.391. The standard InChI is InChI=1S/C23H25N3O2/c27-23-20-7-6-17(19-12-18-8-9-24-22(18)25-14-19)13-21(20)28-11-10-26(23)15-16-4-2-1-3-5-16/h6-9,12-14,16H,1-5,10-11,15H2,(H,24,25). The van der Waals surface area contributed by atoms with E-state index in [1.807, 2.05) is 41.6 Å². The number of H-pyrrole nitrogens is 1.